The van der Waals surface area contributed by atoms with Gasteiger partial charge in [0.15, 0.2) is 0 Å². The van der Waals surface area contributed by atoms with Gasteiger partial charge in [-0.15, -0.1) is 0 Å². The Bertz CT molecular complexity index is 851. The van der Waals surface area contributed by atoms with Gasteiger partial charge in [-0.05, 0) is 49.9 Å². The Hall–Kier alpha value is -2.82. The normalized spacial score (nSPS) is 16.8. The van der Waals surface area contributed by atoms with Crippen molar-refractivity contribution in [1.29, 1.82) is 5.41 Å². The van der Waals surface area contributed by atoms with Gasteiger partial charge in [0.05, 0.1) is 18.3 Å². The molecule has 27 heavy (non-hydrogen) atoms. The summed E-state index contributed by atoms with van der Waals surface area (Å²) in [6, 6.07) is 12.2. The van der Waals surface area contributed by atoms with Crippen molar-refractivity contribution in [3.05, 3.63) is 58.7 Å². The smallest absolute Gasteiger partial charge is 0.302 e. The zero-order chi connectivity index (χ0) is 19.7. The summed E-state index contributed by atoms with van der Waals surface area (Å²) in [6.45, 7) is 10.5. The number of rotatable bonds is 4. The minimum Gasteiger partial charge on any atom is -0.464 e. The lowest BCUT2D eigenvalue weighted by Gasteiger charge is -2.28. The van der Waals surface area contributed by atoms with E-state index in [1.54, 1.807) is 0 Å². The number of ether oxygens (including phenoxy) is 1. The van der Waals surface area contributed by atoms with E-state index in [0.717, 1.165) is 33.6 Å². The van der Waals surface area contributed by atoms with Crippen molar-refractivity contribution in [2.75, 3.05) is 23.0 Å². The number of anilines is 2. The second-order valence-electron chi connectivity index (χ2n) is 7.24. The van der Waals surface area contributed by atoms with E-state index < -0.39 is 0 Å². The molecule has 5 nitrogen and oxygen atoms in total. The fourth-order valence-electron chi connectivity index (χ4n) is 3.93. The number of hydrogen-bond acceptors (Lipinski definition) is 3. The van der Waals surface area contributed by atoms with Crippen LogP contribution in [-0.4, -0.2) is 31.1 Å². The van der Waals surface area contributed by atoms with Gasteiger partial charge < -0.3 is 14.5 Å². The van der Waals surface area contributed by atoms with Crippen molar-refractivity contribution in [1.82, 2.24) is 0 Å². The summed E-state index contributed by atoms with van der Waals surface area (Å²) in [5, 5.41) is 8.95. The summed E-state index contributed by atoms with van der Waals surface area (Å²) in [4.78, 5) is 15.5. The maximum atomic E-state index is 11.4. The molecule has 0 bridgehead atoms. The topological polar surface area (TPSA) is 56.6 Å². The van der Waals surface area contributed by atoms with Crippen LogP contribution in [0.1, 0.15) is 29.2 Å². The number of aryl methyl sites for hydroxylation is 4. The number of guanidine groups is 1. The molecule has 2 aromatic carbocycles. The number of esters is 1. The van der Waals surface area contributed by atoms with Crippen LogP contribution in [-0.2, 0) is 9.53 Å². The molecule has 1 saturated heterocycles. The number of para-hydroxylation sites is 2. The average Bonchev–Trinajstić information content (AvgIpc) is 2.90. The third-order valence-corrected chi connectivity index (χ3v) is 5.11. The van der Waals surface area contributed by atoms with E-state index in [9.17, 15) is 4.79 Å². The summed E-state index contributed by atoms with van der Waals surface area (Å²) in [5.74, 6) is 0.121. The molecule has 0 aromatic heterocycles. The monoisotopic (exact) mass is 365 g/mol. The summed E-state index contributed by atoms with van der Waals surface area (Å²) in [5.41, 5.74) is 6.56. The molecule has 3 rings (SSSR count). The van der Waals surface area contributed by atoms with Crippen LogP contribution in [0.15, 0.2) is 36.4 Å². The van der Waals surface area contributed by atoms with Crippen molar-refractivity contribution in [3.8, 4) is 0 Å². The van der Waals surface area contributed by atoms with Gasteiger partial charge in [0, 0.05) is 12.6 Å². The molecule has 1 aliphatic rings. The van der Waals surface area contributed by atoms with E-state index in [0.29, 0.717) is 12.5 Å². The Balaban J connectivity index is 2.06. The van der Waals surface area contributed by atoms with Crippen molar-refractivity contribution in [3.63, 3.8) is 0 Å². The molecule has 142 valence electrons. The number of nitrogens with zero attached hydrogens (tertiary/aromatic N) is 2. The molecule has 1 aliphatic heterocycles. The van der Waals surface area contributed by atoms with Crippen LogP contribution >= 0.6 is 0 Å². The molecule has 1 unspecified atom stereocenters. The van der Waals surface area contributed by atoms with Crippen LogP contribution in [0.3, 0.4) is 0 Å². The van der Waals surface area contributed by atoms with E-state index >= 15 is 0 Å². The van der Waals surface area contributed by atoms with Gasteiger partial charge in [0.2, 0.25) is 5.96 Å². The zero-order valence-electron chi connectivity index (χ0n) is 16.7. The Morgan fingerprint density at radius 1 is 1.00 bits per heavy atom. The highest BCUT2D eigenvalue weighted by Gasteiger charge is 2.39. The Morgan fingerprint density at radius 2 is 1.48 bits per heavy atom. The van der Waals surface area contributed by atoms with Gasteiger partial charge in [0.25, 0.3) is 0 Å². The van der Waals surface area contributed by atoms with Gasteiger partial charge in [-0.3, -0.25) is 10.2 Å². The first-order chi connectivity index (χ1) is 12.8. The molecule has 0 saturated carbocycles. The molecule has 1 N–H and O–H groups in total. The van der Waals surface area contributed by atoms with Gasteiger partial charge >= 0.3 is 5.97 Å². The molecule has 0 spiro atoms. The largest absolute Gasteiger partial charge is 0.464 e. The molecule has 0 aliphatic carbocycles. The molecule has 1 atom stereocenters. The first-order valence-corrected chi connectivity index (χ1v) is 9.22. The standard InChI is InChI=1S/C22H27N3O2/c1-14-8-6-9-15(2)20(14)24-12-19(13-27-18(5)26)25(22(24)23)21-16(3)10-7-11-17(21)4/h6-11,19,23H,12-13H2,1-5H3. The predicted molar refractivity (Wildman–Crippen MR) is 110 cm³/mol. The quantitative estimate of drug-likeness (QED) is 0.829. The van der Waals surface area contributed by atoms with Crippen LogP contribution in [0.25, 0.3) is 0 Å². The first-order valence-electron chi connectivity index (χ1n) is 9.22. The summed E-state index contributed by atoms with van der Waals surface area (Å²) in [7, 11) is 0. The molecular weight excluding hydrogens is 338 g/mol. The predicted octanol–water partition coefficient (Wildman–Crippen LogP) is 4.11. The first kappa shape index (κ1) is 19.0. The second kappa shape index (κ2) is 7.43. The Labute approximate surface area is 161 Å². The van der Waals surface area contributed by atoms with Gasteiger partial charge in [0.1, 0.15) is 6.61 Å². The minimum atomic E-state index is -0.298. The van der Waals surface area contributed by atoms with E-state index in [4.69, 9.17) is 10.1 Å². The minimum absolute atomic E-state index is 0.111. The zero-order valence-corrected chi connectivity index (χ0v) is 16.7. The van der Waals surface area contributed by atoms with Crippen molar-refractivity contribution in [2.24, 2.45) is 0 Å². The Morgan fingerprint density at radius 3 is 1.96 bits per heavy atom. The molecule has 1 heterocycles. The number of nitrogens with one attached hydrogen (secondary N) is 1. The highest BCUT2D eigenvalue weighted by Crippen LogP contribution is 2.35. The van der Waals surface area contributed by atoms with Crippen LogP contribution in [0.2, 0.25) is 0 Å². The molecule has 1 fully saturated rings. The van der Waals surface area contributed by atoms with E-state index in [1.165, 1.54) is 6.92 Å². The molecule has 0 radical (unpaired) electrons. The SMILES string of the molecule is CC(=O)OCC1CN(c2c(C)cccc2C)C(=N)N1c1c(C)cccc1C. The number of carbonyl (C=O) groups is 1. The van der Waals surface area contributed by atoms with E-state index in [-0.39, 0.29) is 18.6 Å². The third kappa shape index (κ3) is 3.54. The van der Waals surface area contributed by atoms with Gasteiger partial charge in [-0.25, -0.2) is 0 Å². The fourth-order valence-corrected chi connectivity index (χ4v) is 3.93. The highest BCUT2D eigenvalue weighted by molar-refractivity contribution is 6.09. The molecular formula is C22H27N3O2. The van der Waals surface area contributed by atoms with Crippen LogP contribution in [0.4, 0.5) is 11.4 Å². The average molecular weight is 365 g/mol. The molecule has 5 heteroatoms. The fraction of sp³-hybridized carbons (Fsp3) is 0.364. The number of benzene rings is 2. The van der Waals surface area contributed by atoms with Crippen molar-refractivity contribution >= 4 is 23.3 Å². The molecule has 0 amide bonds. The lowest BCUT2D eigenvalue weighted by Crippen LogP contribution is -2.39. The highest BCUT2D eigenvalue weighted by atomic mass is 16.5. The number of carbonyl (C=O) groups excluding carboxylic acids is 1. The number of hydrogen-bond donors (Lipinski definition) is 1. The summed E-state index contributed by atoms with van der Waals surface area (Å²) in [6.07, 6.45) is 0. The van der Waals surface area contributed by atoms with E-state index in [2.05, 4.69) is 52.0 Å². The third-order valence-electron chi connectivity index (χ3n) is 5.11. The van der Waals surface area contributed by atoms with Crippen LogP contribution < -0.4 is 9.80 Å². The van der Waals surface area contributed by atoms with Crippen molar-refractivity contribution in [2.45, 2.75) is 40.7 Å². The van der Waals surface area contributed by atoms with Gasteiger partial charge in [-0.1, -0.05) is 36.4 Å². The van der Waals surface area contributed by atoms with Gasteiger partial charge in [-0.2, -0.15) is 0 Å². The summed E-state index contributed by atoms with van der Waals surface area (Å²) >= 11 is 0. The second-order valence-corrected chi connectivity index (χ2v) is 7.24. The summed E-state index contributed by atoms with van der Waals surface area (Å²) < 4.78 is 5.35. The van der Waals surface area contributed by atoms with Crippen LogP contribution in [0, 0.1) is 33.1 Å². The Kier molecular flexibility index (Phi) is 5.22. The lowest BCUT2D eigenvalue weighted by molar-refractivity contribution is -0.141. The molecule has 2 aromatic rings. The maximum Gasteiger partial charge on any atom is 0.302 e. The lowest BCUT2D eigenvalue weighted by atomic mass is 10.1. The van der Waals surface area contributed by atoms with Crippen molar-refractivity contribution < 1.29 is 9.53 Å². The maximum absolute atomic E-state index is 11.4. The van der Waals surface area contributed by atoms with E-state index in [1.807, 2.05) is 21.9 Å². The van der Waals surface area contributed by atoms with Crippen LogP contribution in [0.5, 0.6) is 0 Å².